The predicted octanol–water partition coefficient (Wildman–Crippen LogP) is 0.252. The molecule has 1 heterocycles. The first kappa shape index (κ1) is 20.8. The van der Waals surface area contributed by atoms with Crippen LogP contribution in [0.5, 0.6) is 0 Å². The Morgan fingerprint density at radius 2 is 1.03 bits per heavy atom. The molecule has 0 bridgehead atoms. The van der Waals surface area contributed by atoms with Gasteiger partial charge in [0.2, 0.25) is 0 Å². The van der Waals surface area contributed by atoms with E-state index in [1.54, 1.807) is 6.92 Å². The van der Waals surface area contributed by atoms with Gasteiger partial charge in [-0.05, 0) is 23.6 Å². The molecule has 9 nitrogen and oxygen atoms in total. The van der Waals surface area contributed by atoms with E-state index in [1.165, 1.54) is 28.4 Å². The van der Waals surface area contributed by atoms with Crippen LogP contribution in [-0.2, 0) is 63.8 Å². The second kappa shape index (κ2) is 7.13. The normalized spacial score (nSPS) is 17.7. The number of fused-ring (bicyclic) bond motifs is 3. The van der Waals surface area contributed by atoms with Gasteiger partial charge < -0.3 is 18.9 Å². The topological polar surface area (TPSA) is 118 Å². The zero-order valence-electron chi connectivity index (χ0n) is 17.0. The van der Waals surface area contributed by atoms with Crippen molar-refractivity contribution in [2.24, 2.45) is 10.8 Å². The number of ether oxygens (including phenoxy) is 4. The number of nitrogens with zero attached hydrogens (tertiary/aromatic N) is 1. The molecule has 3 rings (SSSR count). The van der Waals surface area contributed by atoms with Crippen LogP contribution in [0.15, 0.2) is 0 Å². The lowest BCUT2D eigenvalue weighted by molar-refractivity contribution is -0.170. The first-order chi connectivity index (χ1) is 13.7. The Hall–Kier alpha value is -2.97. The molecule has 1 aromatic rings. The molecule has 0 N–H and O–H groups in total. The van der Waals surface area contributed by atoms with Crippen molar-refractivity contribution in [1.29, 1.82) is 0 Å². The highest BCUT2D eigenvalue weighted by Crippen LogP contribution is 2.47. The van der Waals surface area contributed by atoms with E-state index in [1.807, 2.05) is 0 Å². The van der Waals surface area contributed by atoms with Gasteiger partial charge in [0.1, 0.15) is 0 Å². The molecule has 0 aromatic carbocycles. The van der Waals surface area contributed by atoms with Crippen LogP contribution in [0.2, 0.25) is 0 Å². The van der Waals surface area contributed by atoms with Crippen LogP contribution in [0, 0.1) is 17.8 Å². The minimum absolute atomic E-state index is 0.0235. The molecule has 1 aromatic heterocycles. The summed E-state index contributed by atoms with van der Waals surface area (Å²) in [4.78, 5) is 54.7. The fraction of sp³-hybridized carbons (Fsp3) is 0.550. The van der Waals surface area contributed by atoms with E-state index >= 15 is 0 Å². The van der Waals surface area contributed by atoms with E-state index < -0.39 is 34.7 Å². The standard InChI is InChI=1S/C20H23NO8/c1-10-11-6-19(15(22)26-2,16(23)27-3)7-12(11)13-8-20(17(24)28-4,18(25)29-5)9-14(13)21-10/h6-9H2,1-5H3. The largest absolute Gasteiger partial charge is 0.468 e. The van der Waals surface area contributed by atoms with Gasteiger partial charge in [-0.1, -0.05) is 0 Å². The number of rotatable bonds is 4. The Kier molecular flexibility index (Phi) is 5.10. The number of hydrogen-bond acceptors (Lipinski definition) is 9. The second-order valence-corrected chi connectivity index (χ2v) is 7.42. The van der Waals surface area contributed by atoms with Crippen molar-refractivity contribution in [3.8, 4) is 0 Å². The van der Waals surface area contributed by atoms with Gasteiger partial charge in [0.25, 0.3) is 0 Å². The van der Waals surface area contributed by atoms with Crippen molar-refractivity contribution >= 4 is 23.9 Å². The number of aryl methyl sites for hydroxylation is 1. The Morgan fingerprint density at radius 1 is 0.655 bits per heavy atom. The summed E-state index contributed by atoms with van der Waals surface area (Å²) in [6.07, 6.45) is 0.179. The van der Waals surface area contributed by atoms with E-state index in [0.717, 1.165) is 11.1 Å². The Labute approximate surface area is 167 Å². The number of carbonyl (C=O) groups excluding carboxylic acids is 4. The Balaban J connectivity index is 2.14. The summed E-state index contributed by atoms with van der Waals surface area (Å²) >= 11 is 0. The number of methoxy groups -OCH3 is 4. The van der Waals surface area contributed by atoms with E-state index in [0.29, 0.717) is 17.0 Å². The van der Waals surface area contributed by atoms with Crippen LogP contribution in [0.3, 0.4) is 0 Å². The summed E-state index contributed by atoms with van der Waals surface area (Å²) < 4.78 is 19.5. The zero-order valence-corrected chi connectivity index (χ0v) is 17.0. The maximum Gasteiger partial charge on any atom is 0.323 e. The van der Waals surface area contributed by atoms with Crippen LogP contribution in [0.1, 0.15) is 28.1 Å². The maximum atomic E-state index is 12.6. The first-order valence-corrected chi connectivity index (χ1v) is 9.04. The fourth-order valence-corrected chi connectivity index (χ4v) is 4.56. The lowest BCUT2D eigenvalue weighted by Gasteiger charge is -2.23. The van der Waals surface area contributed by atoms with Crippen molar-refractivity contribution in [3.05, 3.63) is 28.1 Å². The fourth-order valence-electron chi connectivity index (χ4n) is 4.56. The Morgan fingerprint density at radius 3 is 1.48 bits per heavy atom. The van der Waals surface area contributed by atoms with Crippen LogP contribution in [0.4, 0.5) is 0 Å². The molecule has 0 amide bonds. The molecule has 2 aliphatic rings. The third kappa shape index (κ3) is 2.79. The summed E-state index contributed by atoms with van der Waals surface area (Å²) in [6, 6.07) is 0. The number of esters is 4. The summed E-state index contributed by atoms with van der Waals surface area (Å²) in [5.41, 5.74) is 0.234. The van der Waals surface area contributed by atoms with Crippen molar-refractivity contribution in [3.63, 3.8) is 0 Å². The molecule has 0 radical (unpaired) electrons. The summed E-state index contributed by atoms with van der Waals surface area (Å²) in [7, 11) is 4.84. The van der Waals surface area contributed by atoms with E-state index in [4.69, 9.17) is 18.9 Å². The number of pyridine rings is 1. The van der Waals surface area contributed by atoms with Crippen LogP contribution < -0.4 is 0 Å². The second-order valence-electron chi connectivity index (χ2n) is 7.42. The van der Waals surface area contributed by atoms with Gasteiger partial charge in [-0.2, -0.15) is 0 Å². The van der Waals surface area contributed by atoms with Crippen LogP contribution >= 0.6 is 0 Å². The van der Waals surface area contributed by atoms with Gasteiger partial charge in [0.05, 0.1) is 28.4 Å². The number of hydrogen-bond donors (Lipinski definition) is 0. The lowest BCUT2D eigenvalue weighted by atomic mass is 9.83. The van der Waals surface area contributed by atoms with Gasteiger partial charge in [-0.15, -0.1) is 0 Å². The molecule has 2 aliphatic carbocycles. The van der Waals surface area contributed by atoms with Crippen molar-refractivity contribution in [2.75, 3.05) is 28.4 Å². The molecule has 156 valence electrons. The van der Waals surface area contributed by atoms with Gasteiger partial charge in [-0.25, -0.2) is 0 Å². The van der Waals surface area contributed by atoms with Gasteiger partial charge >= 0.3 is 23.9 Å². The van der Waals surface area contributed by atoms with E-state index in [9.17, 15) is 19.2 Å². The molecule has 9 heteroatoms. The zero-order chi connectivity index (χ0) is 21.6. The molecule has 29 heavy (non-hydrogen) atoms. The summed E-state index contributed by atoms with van der Waals surface area (Å²) in [5.74, 6) is -2.81. The monoisotopic (exact) mass is 405 g/mol. The molecule has 0 fully saturated rings. The quantitative estimate of drug-likeness (QED) is 0.395. The Bertz CT molecular complexity index is 888. The molecular formula is C20H23NO8. The molecule has 0 unspecified atom stereocenters. The van der Waals surface area contributed by atoms with E-state index in [2.05, 4.69) is 4.98 Å². The highest BCUT2D eigenvalue weighted by atomic mass is 16.6. The number of aromatic nitrogens is 1. The van der Waals surface area contributed by atoms with Gasteiger partial charge in [-0.3, -0.25) is 24.2 Å². The average Bonchev–Trinajstić information content (AvgIpc) is 3.32. The highest BCUT2D eigenvalue weighted by Gasteiger charge is 2.58. The van der Waals surface area contributed by atoms with Crippen molar-refractivity contribution in [1.82, 2.24) is 4.98 Å². The highest BCUT2D eigenvalue weighted by molar-refractivity contribution is 6.03. The van der Waals surface area contributed by atoms with E-state index in [-0.39, 0.29) is 25.7 Å². The summed E-state index contributed by atoms with van der Waals surface area (Å²) in [5, 5.41) is 0. The minimum Gasteiger partial charge on any atom is -0.468 e. The first-order valence-electron chi connectivity index (χ1n) is 9.04. The molecule has 0 spiro atoms. The van der Waals surface area contributed by atoms with Gasteiger partial charge in [0.15, 0.2) is 10.8 Å². The van der Waals surface area contributed by atoms with Crippen LogP contribution in [-0.4, -0.2) is 57.3 Å². The van der Waals surface area contributed by atoms with Gasteiger partial charge in [0, 0.05) is 37.1 Å². The molecule has 0 saturated heterocycles. The number of carbonyl (C=O) groups is 4. The lowest BCUT2D eigenvalue weighted by Crippen LogP contribution is -2.42. The third-order valence-corrected chi connectivity index (χ3v) is 6.03. The third-order valence-electron chi connectivity index (χ3n) is 6.03. The van der Waals surface area contributed by atoms with Crippen LogP contribution in [0.25, 0.3) is 0 Å². The maximum absolute atomic E-state index is 12.6. The molecular weight excluding hydrogens is 382 g/mol. The predicted molar refractivity (Wildman–Crippen MR) is 96.7 cm³/mol. The molecule has 0 aliphatic heterocycles. The summed E-state index contributed by atoms with van der Waals surface area (Å²) in [6.45, 7) is 1.76. The van der Waals surface area contributed by atoms with Crippen molar-refractivity contribution in [2.45, 2.75) is 32.6 Å². The van der Waals surface area contributed by atoms with Crippen molar-refractivity contribution < 1.29 is 38.1 Å². The molecule has 0 atom stereocenters. The molecule has 0 saturated carbocycles. The smallest absolute Gasteiger partial charge is 0.323 e. The minimum atomic E-state index is -1.54. The SMILES string of the molecule is COC(=O)C1(C(=O)OC)Cc2nc(C)c3c(c2C1)CC(C(=O)OC)(C(=O)OC)C3. The average molecular weight is 405 g/mol.